The topological polar surface area (TPSA) is 99.3 Å². The molecule has 6 heteroatoms. The van der Waals surface area contributed by atoms with Gasteiger partial charge in [-0.3, -0.25) is 19.7 Å². The number of hydrogen-bond acceptors (Lipinski definition) is 3. The van der Waals surface area contributed by atoms with Gasteiger partial charge < -0.3 is 10.1 Å². The third kappa shape index (κ3) is 2.48. The summed E-state index contributed by atoms with van der Waals surface area (Å²) in [5.41, 5.74) is 7.73. The van der Waals surface area contributed by atoms with Gasteiger partial charge in [-0.2, -0.15) is 0 Å². The van der Waals surface area contributed by atoms with Gasteiger partial charge in [-0.05, 0) is 53.6 Å². The molecule has 1 aromatic heterocycles. The fraction of sp³-hybridized carbons (Fsp3) is 0.160. The molecule has 1 aliphatic carbocycles. The minimum Gasteiger partial charge on any atom is -0.481 e. The number of carboxylic acids is 1. The summed E-state index contributed by atoms with van der Waals surface area (Å²) < 4.78 is 0. The molecule has 0 fully saturated rings. The van der Waals surface area contributed by atoms with E-state index < -0.39 is 5.97 Å². The number of nitrogens with one attached hydrogen (secondary N) is 2. The maximum absolute atomic E-state index is 12.8. The second kappa shape index (κ2) is 6.28. The van der Waals surface area contributed by atoms with Crippen LogP contribution in [0.5, 0.6) is 0 Å². The standard InChI is InChI=1S/C25H18N2O4/c28-18(29)10-6-12-5-9-17-16(11-12)20-22-21(24(30)27-25(22)31)15-8-7-13-3-1-2-4-14(13)19(15)23(20)26-17/h1-5,9,11,26H,6-8,10H2,(H,28,29)(H,27,30,31). The van der Waals surface area contributed by atoms with Crippen molar-refractivity contribution in [3.63, 3.8) is 0 Å². The highest BCUT2D eigenvalue weighted by Gasteiger charge is 2.37. The Labute approximate surface area is 176 Å². The highest BCUT2D eigenvalue weighted by Crippen LogP contribution is 2.45. The molecule has 4 aromatic rings. The molecule has 6 nitrogen and oxygen atoms in total. The quantitative estimate of drug-likeness (QED) is 0.445. The molecule has 6 rings (SSSR count). The first-order valence-corrected chi connectivity index (χ1v) is 10.3. The van der Waals surface area contributed by atoms with Crippen molar-refractivity contribution in [2.75, 3.05) is 0 Å². The van der Waals surface area contributed by atoms with Gasteiger partial charge in [0.25, 0.3) is 11.8 Å². The highest BCUT2D eigenvalue weighted by molar-refractivity contribution is 6.32. The molecule has 0 unspecified atom stereocenters. The minimum atomic E-state index is -0.851. The number of rotatable bonds is 3. The lowest BCUT2D eigenvalue weighted by Gasteiger charge is -2.22. The zero-order chi connectivity index (χ0) is 21.3. The molecule has 0 saturated carbocycles. The molecule has 2 aliphatic rings. The zero-order valence-corrected chi connectivity index (χ0v) is 16.5. The van der Waals surface area contributed by atoms with Crippen LogP contribution < -0.4 is 5.32 Å². The summed E-state index contributed by atoms with van der Waals surface area (Å²) >= 11 is 0. The van der Waals surface area contributed by atoms with E-state index in [-0.39, 0.29) is 18.2 Å². The average molecular weight is 410 g/mol. The molecular formula is C25H18N2O4. The Morgan fingerprint density at radius 3 is 2.61 bits per heavy atom. The molecule has 0 atom stereocenters. The minimum absolute atomic E-state index is 0.0354. The summed E-state index contributed by atoms with van der Waals surface area (Å²) in [6.07, 6.45) is 1.96. The first-order valence-electron chi connectivity index (χ1n) is 10.3. The number of aliphatic carboxylic acids is 1. The van der Waals surface area contributed by atoms with Crippen molar-refractivity contribution in [3.8, 4) is 11.1 Å². The van der Waals surface area contributed by atoms with E-state index in [9.17, 15) is 14.4 Å². The van der Waals surface area contributed by atoms with Crippen molar-refractivity contribution in [3.05, 3.63) is 70.3 Å². The maximum atomic E-state index is 12.8. The van der Waals surface area contributed by atoms with Crippen LogP contribution in [0.1, 0.15) is 43.8 Å². The molecule has 2 heterocycles. The summed E-state index contributed by atoms with van der Waals surface area (Å²) in [5.74, 6) is -1.56. The maximum Gasteiger partial charge on any atom is 0.303 e. The van der Waals surface area contributed by atoms with Crippen LogP contribution in [0, 0.1) is 0 Å². The molecular weight excluding hydrogens is 392 g/mol. The number of aryl methyl sites for hydroxylation is 2. The second-order valence-electron chi connectivity index (χ2n) is 8.19. The van der Waals surface area contributed by atoms with Crippen molar-refractivity contribution in [2.24, 2.45) is 0 Å². The number of fused-ring (bicyclic) bond motifs is 10. The summed E-state index contributed by atoms with van der Waals surface area (Å²) in [5, 5.41) is 13.1. The molecule has 2 amide bonds. The van der Waals surface area contributed by atoms with Gasteiger partial charge in [0, 0.05) is 28.3 Å². The number of carboxylic acid groups (broad SMARTS) is 1. The average Bonchev–Trinajstić information content (AvgIpc) is 3.28. The Morgan fingerprint density at radius 1 is 0.968 bits per heavy atom. The Hall–Kier alpha value is -3.93. The Kier molecular flexibility index (Phi) is 3.63. The number of H-pyrrole nitrogens is 1. The van der Waals surface area contributed by atoms with Crippen LogP contribution in [0.25, 0.3) is 32.9 Å². The smallest absolute Gasteiger partial charge is 0.303 e. The normalized spacial score (nSPS) is 14.5. The van der Waals surface area contributed by atoms with E-state index in [0.717, 1.165) is 50.5 Å². The molecule has 0 bridgehead atoms. The number of aromatic amines is 1. The third-order valence-corrected chi connectivity index (χ3v) is 6.46. The Balaban J connectivity index is 1.74. The molecule has 152 valence electrons. The van der Waals surface area contributed by atoms with Crippen LogP contribution in [-0.2, 0) is 24.1 Å². The molecule has 1 aliphatic heterocycles. The lowest BCUT2D eigenvalue weighted by Crippen LogP contribution is -2.20. The predicted molar refractivity (Wildman–Crippen MR) is 116 cm³/mol. The predicted octanol–water partition coefficient (Wildman–Crippen LogP) is 3.99. The number of carbonyl (C=O) groups is 3. The van der Waals surface area contributed by atoms with Crippen molar-refractivity contribution in [1.82, 2.24) is 10.3 Å². The Bertz CT molecular complexity index is 1480. The van der Waals surface area contributed by atoms with Crippen LogP contribution in [0.3, 0.4) is 0 Å². The number of imide groups is 1. The third-order valence-electron chi connectivity index (χ3n) is 6.46. The van der Waals surface area contributed by atoms with Crippen molar-refractivity contribution in [1.29, 1.82) is 0 Å². The van der Waals surface area contributed by atoms with E-state index >= 15 is 0 Å². The lowest BCUT2D eigenvalue weighted by molar-refractivity contribution is -0.136. The molecule has 0 spiro atoms. The molecule has 3 N–H and O–H groups in total. The zero-order valence-electron chi connectivity index (χ0n) is 16.5. The first-order chi connectivity index (χ1) is 15.0. The lowest BCUT2D eigenvalue weighted by atomic mass is 9.80. The van der Waals surface area contributed by atoms with Crippen molar-refractivity contribution >= 4 is 39.6 Å². The van der Waals surface area contributed by atoms with Crippen LogP contribution in [0.4, 0.5) is 0 Å². The summed E-state index contributed by atoms with van der Waals surface area (Å²) in [7, 11) is 0. The number of hydrogen-bond donors (Lipinski definition) is 3. The Morgan fingerprint density at radius 2 is 1.77 bits per heavy atom. The van der Waals surface area contributed by atoms with Crippen LogP contribution in [0.15, 0.2) is 42.5 Å². The van der Waals surface area contributed by atoms with Crippen LogP contribution in [-0.4, -0.2) is 27.9 Å². The van der Waals surface area contributed by atoms with Crippen molar-refractivity contribution < 1.29 is 19.5 Å². The van der Waals surface area contributed by atoms with Gasteiger partial charge in [-0.1, -0.05) is 30.3 Å². The number of benzene rings is 3. The highest BCUT2D eigenvalue weighted by atomic mass is 16.4. The largest absolute Gasteiger partial charge is 0.481 e. The van der Waals surface area contributed by atoms with Gasteiger partial charge in [-0.15, -0.1) is 0 Å². The number of amides is 2. The monoisotopic (exact) mass is 410 g/mol. The number of carbonyl (C=O) groups excluding carboxylic acids is 2. The van der Waals surface area contributed by atoms with Crippen LogP contribution >= 0.6 is 0 Å². The SMILES string of the molecule is O=C(O)CCc1ccc2[nH]c3c4c(c5c(c3c2c1)C(=O)NC5=O)CCc1ccccc1-4. The van der Waals surface area contributed by atoms with E-state index in [4.69, 9.17) is 5.11 Å². The summed E-state index contributed by atoms with van der Waals surface area (Å²) in [4.78, 5) is 40.1. The van der Waals surface area contributed by atoms with Crippen molar-refractivity contribution in [2.45, 2.75) is 25.7 Å². The number of aromatic nitrogens is 1. The first kappa shape index (κ1) is 17.9. The molecule has 0 radical (unpaired) electrons. The van der Waals surface area contributed by atoms with E-state index in [2.05, 4.69) is 22.4 Å². The summed E-state index contributed by atoms with van der Waals surface area (Å²) in [6, 6.07) is 14.0. The van der Waals surface area contributed by atoms with E-state index in [1.165, 1.54) is 5.56 Å². The van der Waals surface area contributed by atoms with E-state index in [0.29, 0.717) is 24.0 Å². The molecule has 0 saturated heterocycles. The van der Waals surface area contributed by atoms with Gasteiger partial charge in [0.2, 0.25) is 0 Å². The van der Waals surface area contributed by atoms with E-state index in [1.807, 2.05) is 30.3 Å². The summed E-state index contributed by atoms with van der Waals surface area (Å²) in [6.45, 7) is 0. The van der Waals surface area contributed by atoms with Gasteiger partial charge in [0.15, 0.2) is 0 Å². The van der Waals surface area contributed by atoms with E-state index in [1.54, 1.807) is 0 Å². The van der Waals surface area contributed by atoms with Gasteiger partial charge in [0.05, 0.1) is 16.6 Å². The fourth-order valence-electron chi connectivity index (χ4n) is 5.14. The van der Waals surface area contributed by atoms with Gasteiger partial charge >= 0.3 is 5.97 Å². The van der Waals surface area contributed by atoms with Crippen LogP contribution in [0.2, 0.25) is 0 Å². The fourth-order valence-corrected chi connectivity index (χ4v) is 5.14. The van der Waals surface area contributed by atoms with Gasteiger partial charge in [-0.25, -0.2) is 0 Å². The van der Waals surface area contributed by atoms with Gasteiger partial charge in [0.1, 0.15) is 0 Å². The second-order valence-corrected chi connectivity index (χ2v) is 8.19. The molecule has 31 heavy (non-hydrogen) atoms. The molecule has 3 aromatic carbocycles.